The van der Waals surface area contributed by atoms with Gasteiger partial charge in [0.1, 0.15) is 0 Å². The summed E-state index contributed by atoms with van der Waals surface area (Å²) in [6, 6.07) is 20.7. The van der Waals surface area contributed by atoms with E-state index >= 15 is 0 Å². The zero-order chi connectivity index (χ0) is 20.9. The third kappa shape index (κ3) is 5.08. The Morgan fingerprint density at radius 3 is 1.97 bits per heavy atom. The minimum atomic E-state index is -0.109. The maximum Gasteiger partial charge on any atom is 0.237 e. The van der Waals surface area contributed by atoms with Crippen LogP contribution in [0.4, 0.5) is 0 Å². The van der Waals surface area contributed by atoms with Crippen molar-refractivity contribution in [2.24, 2.45) is 5.92 Å². The number of carbonyl (C=O) groups is 2. The number of benzene rings is 2. The Labute approximate surface area is 179 Å². The highest BCUT2D eigenvalue weighted by Gasteiger charge is 2.31. The quantitative estimate of drug-likeness (QED) is 0.770. The van der Waals surface area contributed by atoms with Gasteiger partial charge in [0, 0.05) is 19.0 Å². The van der Waals surface area contributed by atoms with Crippen molar-refractivity contribution in [3.05, 3.63) is 71.8 Å². The van der Waals surface area contributed by atoms with Crippen LogP contribution >= 0.6 is 0 Å². The molecule has 0 spiro atoms. The molecule has 0 unspecified atom stereocenters. The number of hydrogen-bond acceptors (Lipinski definition) is 3. The molecule has 5 nitrogen and oxygen atoms in total. The largest absolute Gasteiger partial charge is 0.353 e. The maximum atomic E-state index is 13.2. The van der Waals surface area contributed by atoms with Crippen molar-refractivity contribution in [3.63, 3.8) is 0 Å². The monoisotopic (exact) mass is 405 g/mol. The standard InChI is InChI=1S/C25H31N3O2/c1-27(24(19-8-4-2-5-9-19)20-10-6-3-7-11-20)23(29)18-28-16-14-21(15-17-28)25(30)26-22-12-13-22/h2-11,21-22,24H,12-18H2,1H3,(H,26,30). The Balaban J connectivity index is 1.37. The van der Waals surface area contributed by atoms with Gasteiger partial charge in [-0.3, -0.25) is 14.5 Å². The molecule has 2 amide bonds. The predicted molar refractivity (Wildman–Crippen MR) is 118 cm³/mol. The fourth-order valence-electron chi connectivity index (χ4n) is 4.26. The van der Waals surface area contributed by atoms with Crippen molar-refractivity contribution in [2.75, 3.05) is 26.7 Å². The predicted octanol–water partition coefficient (Wildman–Crippen LogP) is 3.23. The second kappa shape index (κ2) is 9.43. The lowest BCUT2D eigenvalue weighted by molar-refractivity contribution is -0.133. The van der Waals surface area contributed by atoms with E-state index in [1.54, 1.807) is 0 Å². The minimum absolute atomic E-state index is 0.0936. The molecule has 1 saturated carbocycles. The van der Waals surface area contributed by atoms with E-state index in [0.29, 0.717) is 12.6 Å². The van der Waals surface area contributed by atoms with Gasteiger partial charge in [-0.2, -0.15) is 0 Å². The van der Waals surface area contributed by atoms with Gasteiger partial charge in [0.2, 0.25) is 11.8 Å². The molecule has 0 atom stereocenters. The first-order chi connectivity index (χ1) is 14.6. The molecular weight excluding hydrogens is 374 g/mol. The molecule has 1 heterocycles. The second-order valence-electron chi connectivity index (χ2n) is 8.56. The Morgan fingerprint density at radius 1 is 0.933 bits per heavy atom. The molecule has 1 aliphatic heterocycles. The number of carbonyl (C=O) groups excluding carboxylic acids is 2. The molecule has 2 fully saturated rings. The fourth-order valence-corrected chi connectivity index (χ4v) is 4.26. The number of amides is 2. The van der Waals surface area contributed by atoms with Crippen LogP contribution in [0.3, 0.4) is 0 Å². The number of likely N-dealkylation sites (tertiary alicyclic amines) is 1. The van der Waals surface area contributed by atoms with Gasteiger partial charge in [-0.15, -0.1) is 0 Å². The number of nitrogens with zero attached hydrogens (tertiary/aromatic N) is 2. The highest BCUT2D eigenvalue weighted by Crippen LogP contribution is 2.28. The van der Waals surface area contributed by atoms with Crippen LogP contribution in [0.25, 0.3) is 0 Å². The van der Waals surface area contributed by atoms with Crippen LogP contribution in [0.5, 0.6) is 0 Å². The lowest BCUT2D eigenvalue weighted by atomic mass is 9.95. The Bertz CT molecular complexity index is 804. The van der Waals surface area contributed by atoms with E-state index in [0.717, 1.165) is 49.9 Å². The lowest BCUT2D eigenvalue weighted by Gasteiger charge is -2.34. The highest BCUT2D eigenvalue weighted by atomic mass is 16.2. The first-order valence-corrected chi connectivity index (χ1v) is 11.0. The van der Waals surface area contributed by atoms with Gasteiger partial charge >= 0.3 is 0 Å². The summed E-state index contributed by atoms with van der Waals surface area (Å²) in [6.45, 7) is 1.98. The number of piperidine rings is 1. The molecule has 2 aliphatic rings. The Morgan fingerprint density at radius 2 is 1.47 bits per heavy atom. The van der Waals surface area contributed by atoms with Crippen LogP contribution in [0, 0.1) is 5.92 Å². The van der Waals surface area contributed by atoms with E-state index < -0.39 is 0 Å². The zero-order valence-corrected chi connectivity index (χ0v) is 17.7. The molecule has 4 rings (SSSR count). The smallest absolute Gasteiger partial charge is 0.237 e. The molecule has 2 aromatic rings. The van der Waals surface area contributed by atoms with E-state index in [9.17, 15) is 9.59 Å². The van der Waals surface area contributed by atoms with Crippen LogP contribution in [-0.2, 0) is 9.59 Å². The SMILES string of the molecule is CN(C(=O)CN1CCC(C(=O)NC2CC2)CC1)C(c1ccccc1)c1ccccc1. The first-order valence-electron chi connectivity index (χ1n) is 11.0. The Hall–Kier alpha value is -2.66. The normalized spacial score (nSPS) is 17.7. The molecule has 0 radical (unpaired) electrons. The zero-order valence-electron chi connectivity index (χ0n) is 17.7. The summed E-state index contributed by atoms with van der Waals surface area (Å²) in [5, 5.41) is 3.12. The molecule has 158 valence electrons. The maximum absolute atomic E-state index is 13.2. The van der Waals surface area contributed by atoms with Gasteiger partial charge in [-0.1, -0.05) is 60.7 Å². The summed E-state index contributed by atoms with van der Waals surface area (Å²) in [4.78, 5) is 29.5. The molecule has 1 saturated heterocycles. The van der Waals surface area contributed by atoms with Gasteiger partial charge < -0.3 is 10.2 Å². The average molecular weight is 406 g/mol. The average Bonchev–Trinajstić information content (AvgIpc) is 3.60. The molecule has 30 heavy (non-hydrogen) atoms. The van der Waals surface area contributed by atoms with Crippen LogP contribution < -0.4 is 5.32 Å². The number of rotatable bonds is 7. The Kier molecular flexibility index (Phi) is 6.48. The second-order valence-corrected chi connectivity index (χ2v) is 8.56. The molecule has 2 aromatic carbocycles. The third-order valence-corrected chi connectivity index (χ3v) is 6.25. The number of nitrogens with one attached hydrogen (secondary N) is 1. The fraction of sp³-hybridized carbons (Fsp3) is 0.440. The van der Waals surface area contributed by atoms with Crippen molar-refractivity contribution in [1.82, 2.24) is 15.1 Å². The summed E-state index contributed by atoms with van der Waals surface area (Å²) in [5.74, 6) is 0.401. The topological polar surface area (TPSA) is 52.7 Å². The molecule has 5 heteroatoms. The highest BCUT2D eigenvalue weighted by molar-refractivity contribution is 5.80. The van der Waals surface area contributed by atoms with Gasteiger partial charge in [-0.25, -0.2) is 0 Å². The van der Waals surface area contributed by atoms with Crippen molar-refractivity contribution in [3.8, 4) is 0 Å². The first kappa shape index (κ1) is 20.6. The van der Waals surface area contributed by atoms with Gasteiger partial charge in [0.25, 0.3) is 0 Å². The number of likely N-dealkylation sites (N-methyl/N-ethyl adjacent to an activating group) is 1. The van der Waals surface area contributed by atoms with Crippen molar-refractivity contribution in [2.45, 2.75) is 37.8 Å². The summed E-state index contributed by atoms with van der Waals surface area (Å²) in [7, 11) is 1.89. The van der Waals surface area contributed by atoms with Crippen LogP contribution in [0.1, 0.15) is 42.9 Å². The van der Waals surface area contributed by atoms with E-state index in [1.165, 1.54) is 0 Å². The van der Waals surface area contributed by atoms with Crippen LogP contribution in [0.15, 0.2) is 60.7 Å². The molecule has 0 aromatic heterocycles. The lowest BCUT2D eigenvalue weighted by Crippen LogP contribution is -2.45. The molecule has 1 aliphatic carbocycles. The van der Waals surface area contributed by atoms with E-state index in [1.807, 2.05) is 48.3 Å². The van der Waals surface area contributed by atoms with Gasteiger partial charge in [-0.05, 0) is 49.9 Å². The van der Waals surface area contributed by atoms with Gasteiger partial charge in [0.15, 0.2) is 0 Å². The van der Waals surface area contributed by atoms with Crippen LogP contribution in [-0.4, -0.2) is 54.3 Å². The minimum Gasteiger partial charge on any atom is -0.353 e. The van der Waals surface area contributed by atoms with Gasteiger partial charge in [0.05, 0.1) is 12.6 Å². The van der Waals surface area contributed by atoms with Crippen molar-refractivity contribution < 1.29 is 9.59 Å². The third-order valence-electron chi connectivity index (χ3n) is 6.25. The number of hydrogen-bond donors (Lipinski definition) is 1. The molecule has 0 bridgehead atoms. The van der Waals surface area contributed by atoms with Crippen molar-refractivity contribution in [1.29, 1.82) is 0 Å². The van der Waals surface area contributed by atoms with E-state index in [-0.39, 0.29) is 23.8 Å². The van der Waals surface area contributed by atoms with Crippen molar-refractivity contribution >= 4 is 11.8 Å². The molecular formula is C25H31N3O2. The van der Waals surface area contributed by atoms with E-state index in [4.69, 9.17) is 0 Å². The summed E-state index contributed by atoms with van der Waals surface area (Å²) >= 11 is 0. The summed E-state index contributed by atoms with van der Waals surface area (Å²) in [5.41, 5.74) is 2.21. The summed E-state index contributed by atoms with van der Waals surface area (Å²) in [6.07, 6.45) is 3.90. The summed E-state index contributed by atoms with van der Waals surface area (Å²) < 4.78 is 0. The van der Waals surface area contributed by atoms with E-state index in [2.05, 4.69) is 34.5 Å². The van der Waals surface area contributed by atoms with Crippen LogP contribution in [0.2, 0.25) is 0 Å². The molecule has 1 N–H and O–H groups in total.